The van der Waals surface area contributed by atoms with E-state index in [9.17, 15) is 0 Å². The van der Waals surface area contributed by atoms with Crippen LogP contribution in [0.4, 0.5) is 0 Å². The molecule has 0 saturated heterocycles. The second-order valence-electron chi connectivity index (χ2n) is 6.01. The summed E-state index contributed by atoms with van der Waals surface area (Å²) in [6.07, 6.45) is 3.28. The number of nitrogens with one attached hydrogen (secondary N) is 1. The third-order valence-electron chi connectivity index (χ3n) is 3.50. The van der Waals surface area contributed by atoms with Gasteiger partial charge in [-0.1, -0.05) is 43.7 Å². The zero-order chi connectivity index (χ0) is 15.2. The first-order valence-electron chi connectivity index (χ1n) is 7.47. The smallest absolute Gasteiger partial charge is 0.138 e. The summed E-state index contributed by atoms with van der Waals surface area (Å²) < 4.78 is 1.98. The SMILES string of the molecule is Cc1ccc(CC(Cc2ncnn2CC(C)C)NN)cc1. The molecule has 0 bridgehead atoms. The molecule has 0 amide bonds. The van der Waals surface area contributed by atoms with E-state index in [0.717, 1.165) is 25.2 Å². The number of hydrogen-bond acceptors (Lipinski definition) is 4. The fourth-order valence-corrected chi connectivity index (χ4v) is 2.36. The molecule has 0 aliphatic carbocycles. The van der Waals surface area contributed by atoms with Crippen molar-refractivity contribution in [2.24, 2.45) is 11.8 Å². The maximum Gasteiger partial charge on any atom is 0.138 e. The molecule has 2 aromatic rings. The van der Waals surface area contributed by atoms with Crippen LogP contribution < -0.4 is 11.3 Å². The number of hydrogen-bond donors (Lipinski definition) is 2. The number of nitrogens with two attached hydrogens (primary N) is 1. The Balaban J connectivity index is 2.02. The lowest BCUT2D eigenvalue weighted by molar-refractivity contribution is 0.441. The summed E-state index contributed by atoms with van der Waals surface area (Å²) in [5.74, 6) is 7.24. The van der Waals surface area contributed by atoms with Gasteiger partial charge in [0.25, 0.3) is 0 Å². The van der Waals surface area contributed by atoms with Gasteiger partial charge < -0.3 is 0 Å². The van der Waals surface area contributed by atoms with Crippen LogP contribution >= 0.6 is 0 Å². The van der Waals surface area contributed by atoms with Crippen molar-refractivity contribution >= 4 is 0 Å². The molecule has 0 spiro atoms. The highest BCUT2D eigenvalue weighted by Crippen LogP contribution is 2.10. The lowest BCUT2D eigenvalue weighted by atomic mass is 10.0. The van der Waals surface area contributed by atoms with Gasteiger partial charge in [-0.05, 0) is 24.8 Å². The van der Waals surface area contributed by atoms with Crippen LogP contribution in [0.2, 0.25) is 0 Å². The summed E-state index contributed by atoms with van der Waals surface area (Å²) in [4.78, 5) is 4.37. The molecule has 1 heterocycles. The molecule has 0 radical (unpaired) electrons. The van der Waals surface area contributed by atoms with Gasteiger partial charge >= 0.3 is 0 Å². The first kappa shape index (κ1) is 15.7. The maximum absolute atomic E-state index is 5.71. The number of aryl methyl sites for hydroxylation is 1. The second kappa shape index (κ2) is 7.33. The van der Waals surface area contributed by atoms with Gasteiger partial charge in [0.05, 0.1) is 0 Å². The van der Waals surface area contributed by atoms with Crippen LogP contribution in [0.25, 0.3) is 0 Å². The normalized spacial score (nSPS) is 12.8. The standard InChI is InChI=1S/C16H25N5/c1-12(2)10-21-16(18-11-19-21)9-15(20-17)8-14-6-4-13(3)5-7-14/h4-7,11-12,15,20H,8-10,17H2,1-3H3. The highest BCUT2D eigenvalue weighted by molar-refractivity contribution is 5.22. The molecule has 114 valence electrons. The summed E-state index contributed by atoms with van der Waals surface area (Å²) in [5.41, 5.74) is 5.45. The van der Waals surface area contributed by atoms with Gasteiger partial charge in [-0.25, -0.2) is 9.67 Å². The van der Waals surface area contributed by atoms with E-state index in [1.807, 2.05) is 4.68 Å². The Labute approximate surface area is 126 Å². The molecule has 21 heavy (non-hydrogen) atoms. The average molecular weight is 287 g/mol. The van der Waals surface area contributed by atoms with Crippen molar-refractivity contribution in [1.82, 2.24) is 20.2 Å². The van der Waals surface area contributed by atoms with Gasteiger partial charge in [-0.2, -0.15) is 5.10 Å². The van der Waals surface area contributed by atoms with E-state index < -0.39 is 0 Å². The van der Waals surface area contributed by atoms with E-state index >= 15 is 0 Å². The van der Waals surface area contributed by atoms with Gasteiger partial charge in [0, 0.05) is 19.0 Å². The molecule has 0 saturated carbocycles. The van der Waals surface area contributed by atoms with E-state index in [4.69, 9.17) is 5.84 Å². The van der Waals surface area contributed by atoms with Crippen molar-refractivity contribution in [2.45, 2.75) is 46.2 Å². The lowest BCUT2D eigenvalue weighted by Crippen LogP contribution is -2.39. The quantitative estimate of drug-likeness (QED) is 0.602. The minimum absolute atomic E-state index is 0.155. The molecule has 1 aromatic carbocycles. The minimum Gasteiger partial charge on any atom is -0.271 e. The van der Waals surface area contributed by atoms with E-state index in [0.29, 0.717) is 5.92 Å². The molecule has 5 nitrogen and oxygen atoms in total. The summed E-state index contributed by atoms with van der Waals surface area (Å²) in [5, 5.41) is 4.30. The molecule has 0 aliphatic heterocycles. The highest BCUT2D eigenvalue weighted by Gasteiger charge is 2.14. The Bertz CT molecular complexity index is 544. The van der Waals surface area contributed by atoms with E-state index in [-0.39, 0.29) is 6.04 Å². The predicted octanol–water partition coefficient (Wildman–Crippen LogP) is 1.86. The van der Waals surface area contributed by atoms with Gasteiger partial charge in [0.1, 0.15) is 12.2 Å². The van der Waals surface area contributed by atoms with Crippen LogP contribution in [0.3, 0.4) is 0 Å². The fraction of sp³-hybridized carbons (Fsp3) is 0.500. The van der Waals surface area contributed by atoms with Crippen molar-refractivity contribution in [1.29, 1.82) is 0 Å². The minimum atomic E-state index is 0.155. The van der Waals surface area contributed by atoms with Crippen LogP contribution in [-0.2, 0) is 19.4 Å². The highest BCUT2D eigenvalue weighted by atomic mass is 15.3. The van der Waals surface area contributed by atoms with Crippen molar-refractivity contribution in [2.75, 3.05) is 0 Å². The molecule has 5 heteroatoms. The number of benzene rings is 1. The molecule has 0 fully saturated rings. The third-order valence-corrected chi connectivity index (χ3v) is 3.50. The third kappa shape index (κ3) is 4.65. The first-order valence-corrected chi connectivity index (χ1v) is 7.47. The number of rotatable bonds is 7. The lowest BCUT2D eigenvalue weighted by Gasteiger charge is -2.17. The number of nitrogens with zero attached hydrogens (tertiary/aromatic N) is 3. The van der Waals surface area contributed by atoms with Crippen molar-refractivity contribution in [3.05, 3.63) is 47.5 Å². The van der Waals surface area contributed by atoms with Crippen LogP contribution in [0, 0.1) is 12.8 Å². The van der Waals surface area contributed by atoms with Gasteiger partial charge in [0.2, 0.25) is 0 Å². The Morgan fingerprint density at radius 2 is 1.90 bits per heavy atom. The van der Waals surface area contributed by atoms with Crippen molar-refractivity contribution < 1.29 is 0 Å². The van der Waals surface area contributed by atoms with Gasteiger partial charge in [-0.15, -0.1) is 0 Å². The Kier molecular flexibility index (Phi) is 5.47. The Morgan fingerprint density at radius 3 is 2.52 bits per heavy atom. The molecule has 1 atom stereocenters. The van der Waals surface area contributed by atoms with E-state index in [1.54, 1.807) is 6.33 Å². The number of hydrazine groups is 1. The molecular formula is C16H25N5. The van der Waals surface area contributed by atoms with Crippen LogP contribution in [0.1, 0.15) is 30.8 Å². The zero-order valence-corrected chi connectivity index (χ0v) is 13.1. The van der Waals surface area contributed by atoms with Crippen molar-refractivity contribution in [3.63, 3.8) is 0 Å². The fourth-order valence-electron chi connectivity index (χ4n) is 2.36. The summed E-state index contributed by atoms with van der Waals surface area (Å²) >= 11 is 0. The zero-order valence-electron chi connectivity index (χ0n) is 13.1. The molecule has 3 N–H and O–H groups in total. The Hall–Kier alpha value is -1.72. The van der Waals surface area contributed by atoms with Crippen LogP contribution in [0.15, 0.2) is 30.6 Å². The molecular weight excluding hydrogens is 262 g/mol. The first-order chi connectivity index (χ1) is 10.1. The summed E-state index contributed by atoms with van der Waals surface area (Å²) in [6, 6.07) is 8.72. The average Bonchev–Trinajstić information content (AvgIpc) is 2.87. The maximum atomic E-state index is 5.71. The molecule has 2 rings (SSSR count). The van der Waals surface area contributed by atoms with Gasteiger partial charge in [-0.3, -0.25) is 11.3 Å². The predicted molar refractivity (Wildman–Crippen MR) is 84.6 cm³/mol. The van der Waals surface area contributed by atoms with Gasteiger partial charge in [0.15, 0.2) is 0 Å². The van der Waals surface area contributed by atoms with Crippen LogP contribution in [-0.4, -0.2) is 20.8 Å². The van der Waals surface area contributed by atoms with Crippen LogP contribution in [0.5, 0.6) is 0 Å². The summed E-state index contributed by atoms with van der Waals surface area (Å²) in [7, 11) is 0. The Morgan fingerprint density at radius 1 is 1.19 bits per heavy atom. The molecule has 0 aliphatic rings. The number of aromatic nitrogens is 3. The van der Waals surface area contributed by atoms with Crippen molar-refractivity contribution in [3.8, 4) is 0 Å². The van der Waals surface area contributed by atoms with E-state index in [2.05, 4.69) is 60.5 Å². The monoisotopic (exact) mass is 287 g/mol. The van der Waals surface area contributed by atoms with E-state index in [1.165, 1.54) is 11.1 Å². The summed E-state index contributed by atoms with van der Waals surface area (Å²) in [6.45, 7) is 7.33. The second-order valence-corrected chi connectivity index (χ2v) is 6.01. The molecule has 1 unspecified atom stereocenters. The molecule has 1 aromatic heterocycles. The largest absolute Gasteiger partial charge is 0.271 e. The topological polar surface area (TPSA) is 68.8 Å².